The van der Waals surface area contributed by atoms with Crippen molar-refractivity contribution in [1.82, 2.24) is 0 Å². The van der Waals surface area contributed by atoms with Gasteiger partial charge in [0.2, 0.25) is 11.8 Å². The van der Waals surface area contributed by atoms with Crippen LogP contribution in [0, 0.1) is 0 Å². The maximum atomic E-state index is 12.9. The van der Waals surface area contributed by atoms with E-state index in [-0.39, 0.29) is 18.9 Å². The Kier molecular flexibility index (Phi) is 6.17. The first-order valence-electron chi connectivity index (χ1n) is 8.78. The summed E-state index contributed by atoms with van der Waals surface area (Å²) in [5.41, 5.74) is 2.23. The van der Waals surface area contributed by atoms with Crippen molar-refractivity contribution in [2.45, 2.75) is 31.3 Å². The lowest BCUT2D eigenvalue weighted by atomic mass is 9.97. The predicted octanol–water partition coefficient (Wildman–Crippen LogP) is 4.17. The molecule has 0 bridgehead atoms. The minimum atomic E-state index is -4.22. The fourth-order valence-electron chi connectivity index (χ4n) is 2.98. The molecule has 1 aliphatic rings. The third-order valence-electron chi connectivity index (χ3n) is 4.39. The Morgan fingerprint density at radius 1 is 1.17 bits per heavy atom. The lowest BCUT2D eigenvalue weighted by Crippen LogP contribution is -2.32. The lowest BCUT2D eigenvalue weighted by molar-refractivity contribution is -0.168. The van der Waals surface area contributed by atoms with Gasteiger partial charge in [-0.2, -0.15) is 8.78 Å². The number of benzene rings is 2. The van der Waals surface area contributed by atoms with E-state index in [1.807, 2.05) is 0 Å². The number of halogens is 4. The molecule has 5 nitrogen and oxygen atoms in total. The molecule has 1 heterocycles. The van der Waals surface area contributed by atoms with Crippen molar-refractivity contribution in [1.29, 1.82) is 0 Å². The van der Waals surface area contributed by atoms with Crippen LogP contribution in [0.4, 0.5) is 28.9 Å². The first kappa shape index (κ1) is 20.8. The average Bonchev–Trinajstić information content (AvgIpc) is 2.97. The van der Waals surface area contributed by atoms with Gasteiger partial charge in [-0.05, 0) is 29.3 Å². The summed E-state index contributed by atoms with van der Waals surface area (Å²) in [5.74, 6) is -5.48. The SMILES string of the molecule is O=C(CC1C(=O)Nc2ccccc21)Nc1cccc(COCC(F)(F)C(F)F)c1. The molecule has 3 rings (SSSR count). The zero-order valence-electron chi connectivity index (χ0n) is 15.1. The second-order valence-electron chi connectivity index (χ2n) is 6.64. The number of amides is 2. The highest BCUT2D eigenvalue weighted by Gasteiger charge is 2.40. The van der Waals surface area contributed by atoms with Gasteiger partial charge in [0.1, 0.15) is 6.61 Å². The maximum absolute atomic E-state index is 12.9. The van der Waals surface area contributed by atoms with Crippen LogP contribution in [-0.4, -0.2) is 30.8 Å². The second-order valence-corrected chi connectivity index (χ2v) is 6.64. The van der Waals surface area contributed by atoms with E-state index in [0.29, 0.717) is 16.9 Å². The number of carbonyl (C=O) groups excluding carboxylic acids is 2. The molecule has 0 saturated carbocycles. The molecule has 154 valence electrons. The quantitative estimate of drug-likeness (QED) is 0.642. The number of hydrogen-bond donors (Lipinski definition) is 2. The van der Waals surface area contributed by atoms with E-state index in [4.69, 9.17) is 0 Å². The first-order valence-corrected chi connectivity index (χ1v) is 8.78. The van der Waals surface area contributed by atoms with Crippen molar-refractivity contribution in [3.8, 4) is 0 Å². The van der Waals surface area contributed by atoms with Crippen LogP contribution in [0.15, 0.2) is 48.5 Å². The van der Waals surface area contributed by atoms with Crippen LogP contribution in [-0.2, 0) is 20.9 Å². The summed E-state index contributed by atoms with van der Waals surface area (Å²) in [4.78, 5) is 24.4. The van der Waals surface area contributed by atoms with Crippen LogP contribution in [0.25, 0.3) is 0 Å². The van der Waals surface area contributed by atoms with Crippen molar-refractivity contribution >= 4 is 23.2 Å². The molecule has 1 unspecified atom stereocenters. The van der Waals surface area contributed by atoms with Gasteiger partial charge in [-0.1, -0.05) is 30.3 Å². The Bertz CT molecular complexity index is 905. The highest BCUT2D eigenvalue weighted by molar-refractivity contribution is 6.06. The normalized spacial score (nSPS) is 15.9. The average molecular weight is 410 g/mol. The van der Waals surface area contributed by atoms with E-state index in [1.165, 1.54) is 6.07 Å². The Labute approximate surface area is 164 Å². The highest BCUT2D eigenvalue weighted by atomic mass is 19.3. The molecule has 0 saturated heterocycles. The zero-order chi connectivity index (χ0) is 21.0. The van der Waals surface area contributed by atoms with Crippen LogP contribution in [0.1, 0.15) is 23.5 Å². The predicted molar refractivity (Wildman–Crippen MR) is 98.1 cm³/mol. The summed E-state index contributed by atoms with van der Waals surface area (Å²) in [6.45, 7) is -1.72. The molecule has 0 radical (unpaired) electrons. The van der Waals surface area contributed by atoms with Crippen LogP contribution in [0.5, 0.6) is 0 Å². The summed E-state index contributed by atoms with van der Waals surface area (Å²) in [5, 5.41) is 5.36. The molecule has 0 aromatic heterocycles. The third kappa shape index (κ3) is 5.11. The molecule has 29 heavy (non-hydrogen) atoms. The molecular formula is C20H18F4N2O3. The molecule has 2 aromatic rings. The van der Waals surface area contributed by atoms with Gasteiger partial charge in [0.25, 0.3) is 0 Å². The maximum Gasteiger partial charge on any atom is 0.330 e. The molecule has 2 N–H and O–H groups in total. The number of anilines is 2. The standard InChI is InChI=1S/C20H18F4N2O3/c21-19(22)20(23,24)11-29-10-12-4-3-5-13(8-12)25-17(27)9-15-14-6-1-2-7-16(14)26-18(15)28/h1-8,15,19H,9-11H2,(H,25,27)(H,26,28). The van der Waals surface area contributed by atoms with E-state index < -0.39 is 30.8 Å². The summed E-state index contributed by atoms with van der Waals surface area (Å²) < 4.78 is 54.7. The molecule has 0 spiro atoms. The number of alkyl halides is 4. The molecule has 9 heteroatoms. The minimum Gasteiger partial charge on any atom is -0.370 e. The monoisotopic (exact) mass is 410 g/mol. The molecular weight excluding hydrogens is 392 g/mol. The summed E-state index contributed by atoms with van der Waals surface area (Å²) >= 11 is 0. The van der Waals surface area contributed by atoms with Crippen LogP contribution in [0.3, 0.4) is 0 Å². The van der Waals surface area contributed by atoms with Crippen molar-refractivity contribution in [3.05, 3.63) is 59.7 Å². The van der Waals surface area contributed by atoms with Crippen LogP contribution < -0.4 is 10.6 Å². The number of nitrogens with one attached hydrogen (secondary N) is 2. The Hall–Kier alpha value is -2.94. The highest BCUT2D eigenvalue weighted by Crippen LogP contribution is 2.34. The Morgan fingerprint density at radius 3 is 2.69 bits per heavy atom. The molecule has 0 aliphatic carbocycles. The van der Waals surface area contributed by atoms with Gasteiger partial charge in [-0.25, -0.2) is 8.78 Å². The van der Waals surface area contributed by atoms with Crippen molar-refractivity contribution in [3.63, 3.8) is 0 Å². The fourth-order valence-corrected chi connectivity index (χ4v) is 2.98. The molecule has 2 amide bonds. The van der Waals surface area contributed by atoms with E-state index in [2.05, 4.69) is 15.4 Å². The molecule has 1 atom stereocenters. The number of hydrogen-bond acceptors (Lipinski definition) is 3. The molecule has 1 aliphatic heterocycles. The number of fused-ring (bicyclic) bond motifs is 1. The minimum absolute atomic E-state index is 0.0653. The van der Waals surface area contributed by atoms with Gasteiger partial charge in [0.15, 0.2) is 0 Å². The zero-order valence-corrected chi connectivity index (χ0v) is 15.1. The number of rotatable bonds is 8. The lowest BCUT2D eigenvalue weighted by Gasteiger charge is -2.15. The largest absolute Gasteiger partial charge is 0.370 e. The van der Waals surface area contributed by atoms with Gasteiger partial charge in [-0.15, -0.1) is 0 Å². The van der Waals surface area contributed by atoms with E-state index in [9.17, 15) is 27.2 Å². The number of para-hydroxylation sites is 1. The summed E-state index contributed by atoms with van der Waals surface area (Å²) in [6.07, 6.45) is -3.87. The van der Waals surface area contributed by atoms with Crippen molar-refractivity contribution < 1.29 is 31.9 Å². The van der Waals surface area contributed by atoms with Crippen LogP contribution in [0.2, 0.25) is 0 Å². The van der Waals surface area contributed by atoms with Gasteiger partial charge in [-0.3, -0.25) is 9.59 Å². The Balaban J connectivity index is 1.56. The summed E-state index contributed by atoms with van der Waals surface area (Å²) in [6, 6.07) is 13.3. The van der Waals surface area contributed by atoms with Gasteiger partial charge in [0, 0.05) is 17.8 Å². The van der Waals surface area contributed by atoms with Crippen molar-refractivity contribution in [2.24, 2.45) is 0 Å². The second kappa shape index (κ2) is 8.60. The van der Waals surface area contributed by atoms with Gasteiger partial charge >= 0.3 is 12.3 Å². The third-order valence-corrected chi connectivity index (χ3v) is 4.39. The summed E-state index contributed by atoms with van der Waals surface area (Å²) in [7, 11) is 0. The number of ether oxygens (including phenoxy) is 1. The van der Waals surface area contributed by atoms with Crippen molar-refractivity contribution in [2.75, 3.05) is 17.2 Å². The molecule has 0 fully saturated rings. The fraction of sp³-hybridized carbons (Fsp3) is 0.300. The first-order chi connectivity index (χ1) is 13.8. The van der Waals surface area contributed by atoms with E-state index in [0.717, 1.165) is 5.56 Å². The molecule has 2 aromatic carbocycles. The Morgan fingerprint density at radius 2 is 1.93 bits per heavy atom. The van der Waals surface area contributed by atoms with Crippen LogP contribution >= 0.6 is 0 Å². The van der Waals surface area contributed by atoms with Gasteiger partial charge in [0.05, 0.1) is 12.5 Å². The van der Waals surface area contributed by atoms with E-state index >= 15 is 0 Å². The van der Waals surface area contributed by atoms with E-state index in [1.54, 1.807) is 42.5 Å². The van der Waals surface area contributed by atoms with Gasteiger partial charge < -0.3 is 15.4 Å². The number of carbonyl (C=O) groups is 2. The topological polar surface area (TPSA) is 67.4 Å². The smallest absolute Gasteiger partial charge is 0.330 e.